The van der Waals surface area contributed by atoms with Crippen molar-refractivity contribution in [3.05, 3.63) is 46.8 Å². The van der Waals surface area contributed by atoms with Gasteiger partial charge in [0.2, 0.25) is 0 Å². The Labute approximate surface area is 181 Å². The van der Waals surface area contributed by atoms with E-state index in [2.05, 4.69) is 21.3 Å². The van der Waals surface area contributed by atoms with Crippen LogP contribution in [0.2, 0.25) is 0 Å². The van der Waals surface area contributed by atoms with Crippen LogP contribution in [0.25, 0.3) is 5.57 Å². The first-order valence-electron chi connectivity index (χ1n) is 9.47. The molecule has 1 aromatic heterocycles. The summed E-state index contributed by atoms with van der Waals surface area (Å²) in [5, 5.41) is 0. The summed E-state index contributed by atoms with van der Waals surface area (Å²) < 4.78 is 80.4. The Morgan fingerprint density at radius 3 is 2.31 bits per heavy atom. The first-order chi connectivity index (χ1) is 14.8. The van der Waals surface area contributed by atoms with Gasteiger partial charge in [0.15, 0.2) is 0 Å². The Bertz CT molecular complexity index is 899. The minimum atomic E-state index is -4.66. The van der Waals surface area contributed by atoms with Crippen molar-refractivity contribution in [1.29, 1.82) is 0 Å². The van der Waals surface area contributed by atoms with Gasteiger partial charge in [0.05, 0.1) is 12.8 Å². The maximum atomic E-state index is 12.6. The van der Waals surface area contributed by atoms with Gasteiger partial charge in [-0.3, -0.25) is 19.1 Å². The molecule has 0 spiro atoms. The molecule has 0 aliphatic heterocycles. The zero-order valence-electron chi connectivity index (χ0n) is 18.1. The zero-order chi connectivity index (χ0) is 25.1. The number of nitrogens with zero attached hydrogens (tertiary/aromatic N) is 3. The molecule has 180 valence electrons. The Kier molecular flexibility index (Phi) is 11.6. The number of alkyl halides is 6. The highest BCUT2D eigenvalue weighted by Crippen LogP contribution is 2.23. The molecule has 0 fully saturated rings. The fourth-order valence-electron chi connectivity index (χ4n) is 2.17. The van der Waals surface area contributed by atoms with Crippen LogP contribution in [0.5, 0.6) is 0 Å². The van der Waals surface area contributed by atoms with Gasteiger partial charge in [0, 0.05) is 30.7 Å². The highest BCUT2D eigenvalue weighted by molar-refractivity contribution is 5.88. The number of aromatic nitrogens is 2. The lowest BCUT2D eigenvalue weighted by atomic mass is 10.1. The number of esters is 1. The molecular weight excluding hydrogens is 444 g/mol. The van der Waals surface area contributed by atoms with E-state index in [4.69, 9.17) is 0 Å². The van der Waals surface area contributed by atoms with Gasteiger partial charge >= 0.3 is 18.3 Å². The number of hydrogen-bond donors (Lipinski definition) is 0. The summed E-state index contributed by atoms with van der Waals surface area (Å²) in [4.78, 5) is 31.2. The van der Waals surface area contributed by atoms with Gasteiger partial charge in [0.1, 0.15) is 18.1 Å². The van der Waals surface area contributed by atoms with Crippen molar-refractivity contribution in [2.24, 2.45) is 4.99 Å². The van der Waals surface area contributed by atoms with Gasteiger partial charge in [-0.15, -0.1) is 0 Å². The molecule has 0 saturated carbocycles. The van der Waals surface area contributed by atoms with Crippen LogP contribution in [-0.2, 0) is 22.5 Å². The van der Waals surface area contributed by atoms with Crippen molar-refractivity contribution in [2.45, 2.75) is 58.9 Å². The molecule has 1 aromatic rings. The summed E-state index contributed by atoms with van der Waals surface area (Å²) in [6.07, 6.45) is -9.08. The van der Waals surface area contributed by atoms with E-state index in [1.54, 1.807) is 0 Å². The summed E-state index contributed by atoms with van der Waals surface area (Å²) in [5.74, 6) is -0.981. The molecule has 0 bridgehead atoms. The fourth-order valence-corrected chi connectivity index (χ4v) is 2.17. The van der Waals surface area contributed by atoms with Gasteiger partial charge in [0.25, 0.3) is 5.56 Å². The summed E-state index contributed by atoms with van der Waals surface area (Å²) in [6.45, 7) is 7.58. The van der Waals surface area contributed by atoms with E-state index >= 15 is 0 Å². The second-order valence-electron chi connectivity index (χ2n) is 6.03. The molecule has 0 atom stereocenters. The molecule has 1 heterocycles. The first kappa shape index (κ1) is 29.1. The number of aryl methyl sites for hydroxylation is 1. The molecule has 0 radical (unpaired) electrons. The Morgan fingerprint density at radius 1 is 1.25 bits per heavy atom. The van der Waals surface area contributed by atoms with Crippen molar-refractivity contribution in [3.8, 4) is 0 Å². The number of methoxy groups -OCH3 is 1. The van der Waals surface area contributed by atoms with Crippen molar-refractivity contribution in [2.75, 3.05) is 7.11 Å². The minimum Gasteiger partial charge on any atom is -0.468 e. The summed E-state index contributed by atoms with van der Waals surface area (Å²) >= 11 is 0. The van der Waals surface area contributed by atoms with Crippen LogP contribution >= 0.6 is 0 Å². The quantitative estimate of drug-likeness (QED) is 0.236. The molecule has 1 rings (SSSR count). The monoisotopic (exact) mass is 469 g/mol. The highest BCUT2D eigenvalue weighted by Gasteiger charge is 2.31. The van der Waals surface area contributed by atoms with E-state index in [1.807, 2.05) is 13.8 Å². The lowest BCUT2D eigenvalue weighted by molar-refractivity contribution is -0.141. The Hall–Kier alpha value is -2.92. The molecule has 0 N–H and O–H groups in total. The molecule has 0 aliphatic rings. The molecule has 0 saturated heterocycles. The van der Waals surface area contributed by atoms with E-state index in [-0.39, 0.29) is 23.5 Å². The van der Waals surface area contributed by atoms with E-state index in [9.17, 15) is 35.9 Å². The largest absolute Gasteiger partial charge is 0.468 e. The van der Waals surface area contributed by atoms with Crippen LogP contribution in [0.1, 0.15) is 45.1 Å². The standard InChI is InChI=1S/C18H19F6N3O3.C2H6/c1-4-12(9-25-11(2)18(22,23)24)13-8-15(28)27(10-16(29)30-3)14(26-13)6-5-7-17(19,20)21;1-2/h4,8-9H,1,5-7,10H2,2-3H3;1-2H3/b12-9+,25-11?;. The van der Waals surface area contributed by atoms with Gasteiger partial charge in [-0.25, -0.2) is 4.98 Å². The number of carbonyl (C=O) groups excluding carboxylic acids is 1. The van der Waals surface area contributed by atoms with Crippen molar-refractivity contribution < 1.29 is 35.9 Å². The van der Waals surface area contributed by atoms with Crippen molar-refractivity contribution in [3.63, 3.8) is 0 Å². The summed E-state index contributed by atoms with van der Waals surface area (Å²) in [6, 6.07) is 0.919. The summed E-state index contributed by atoms with van der Waals surface area (Å²) in [5.41, 5.74) is -2.15. The van der Waals surface area contributed by atoms with Crippen LogP contribution in [0.15, 0.2) is 34.7 Å². The van der Waals surface area contributed by atoms with Gasteiger partial charge < -0.3 is 4.74 Å². The molecule has 0 aromatic carbocycles. The zero-order valence-corrected chi connectivity index (χ0v) is 18.1. The van der Waals surface area contributed by atoms with Crippen LogP contribution in [0.3, 0.4) is 0 Å². The van der Waals surface area contributed by atoms with Gasteiger partial charge in [-0.05, 0) is 13.3 Å². The third-order valence-corrected chi connectivity index (χ3v) is 3.79. The number of carbonyl (C=O) groups is 1. The third-order valence-electron chi connectivity index (χ3n) is 3.79. The molecule has 32 heavy (non-hydrogen) atoms. The highest BCUT2D eigenvalue weighted by atomic mass is 19.4. The van der Waals surface area contributed by atoms with Crippen LogP contribution in [0, 0.1) is 0 Å². The van der Waals surface area contributed by atoms with E-state index < -0.39 is 49.0 Å². The van der Waals surface area contributed by atoms with Crippen LogP contribution in [0.4, 0.5) is 26.3 Å². The average Bonchev–Trinajstić information content (AvgIpc) is 2.70. The third kappa shape index (κ3) is 9.92. The second-order valence-corrected chi connectivity index (χ2v) is 6.03. The van der Waals surface area contributed by atoms with Gasteiger partial charge in [-0.2, -0.15) is 26.3 Å². The van der Waals surface area contributed by atoms with Crippen molar-refractivity contribution >= 4 is 17.3 Å². The SMILES string of the molecule is C=C/C(=C\N=C(C)C(F)(F)F)c1cc(=O)n(CC(=O)OC)c(CCCC(F)(F)F)n1.CC. The smallest absolute Gasteiger partial charge is 0.429 e. The normalized spacial score (nSPS) is 12.7. The second kappa shape index (κ2) is 12.8. The van der Waals surface area contributed by atoms with E-state index in [1.165, 1.54) is 0 Å². The Balaban J connectivity index is 0.00000466. The molecule has 0 amide bonds. The van der Waals surface area contributed by atoms with E-state index in [0.717, 1.165) is 36.9 Å². The molecule has 6 nitrogen and oxygen atoms in total. The lowest BCUT2D eigenvalue weighted by Crippen LogP contribution is -2.29. The maximum absolute atomic E-state index is 12.6. The minimum absolute atomic E-state index is 0.0574. The van der Waals surface area contributed by atoms with Crippen LogP contribution in [-0.4, -0.2) is 40.7 Å². The van der Waals surface area contributed by atoms with Crippen molar-refractivity contribution in [1.82, 2.24) is 9.55 Å². The predicted octanol–water partition coefficient (Wildman–Crippen LogP) is 4.88. The topological polar surface area (TPSA) is 73.5 Å². The molecule has 0 unspecified atom stereocenters. The molecule has 0 aliphatic carbocycles. The number of aliphatic imine (C=N–C) groups is 1. The number of halogens is 6. The molecular formula is C20H25F6N3O3. The fraction of sp³-hybridized carbons (Fsp3) is 0.500. The predicted molar refractivity (Wildman–Crippen MR) is 108 cm³/mol. The number of rotatable bonds is 8. The maximum Gasteiger partial charge on any atom is 0.429 e. The average molecular weight is 469 g/mol. The number of hydrogen-bond acceptors (Lipinski definition) is 5. The number of ether oxygens (including phenoxy) is 1. The number of allylic oxidation sites excluding steroid dienone is 2. The van der Waals surface area contributed by atoms with Crippen LogP contribution < -0.4 is 5.56 Å². The Morgan fingerprint density at radius 2 is 1.84 bits per heavy atom. The lowest BCUT2D eigenvalue weighted by Gasteiger charge is -2.13. The van der Waals surface area contributed by atoms with Gasteiger partial charge in [-0.1, -0.05) is 26.5 Å². The first-order valence-corrected chi connectivity index (χ1v) is 9.47. The van der Waals surface area contributed by atoms with E-state index in [0.29, 0.717) is 0 Å². The summed E-state index contributed by atoms with van der Waals surface area (Å²) in [7, 11) is 1.07. The molecule has 12 heteroatoms.